The molecule has 0 saturated heterocycles. The first-order chi connectivity index (χ1) is 13.9. The van der Waals surface area contributed by atoms with Crippen LogP contribution in [0.3, 0.4) is 0 Å². The van der Waals surface area contributed by atoms with Gasteiger partial charge < -0.3 is 9.84 Å². The number of benzene rings is 2. The molecule has 0 atom stereocenters. The number of halogens is 4. The van der Waals surface area contributed by atoms with Crippen LogP contribution in [0, 0.1) is 0 Å². The van der Waals surface area contributed by atoms with E-state index >= 15 is 0 Å². The van der Waals surface area contributed by atoms with Crippen LogP contribution in [-0.2, 0) is 27.4 Å². The fourth-order valence-corrected chi connectivity index (χ4v) is 3.45. The molecule has 1 aromatic heterocycles. The van der Waals surface area contributed by atoms with Crippen LogP contribution in [0.15, 0.2) is 51.9 Å². The van der Waals surface area contributed by atoms with Gasteiger partial charge in [0.2, 0.25) is 21.8 Å². The lowest BCUT2D eigenvalue weighted by Gasteiger charge is -2.10. The van der Waals surface area contributed by atoms with E-state index in [0.717, 1.165) is 12.1 Å². The van der Waals surface area contributed by atoms with Crippen LogP contribution < -0.4 is 10.5 Å². The highest BCUT2D eigenvalue weighted by Crippen LogP contribution is 2.32. The molecule has 0 radical (unpaired) electrons. The van der Waals surface area contributed by atoms with Gasteiger partial charge in [-0.15, -0.1) is 0 Å². The van der Waals surface area contributed by atoms with Gasteiger partial charge >= 0.3 is 12.1 Å². The van der Waals surface area contributed by atoms with E-state index < -0.39 is 38.7 Å². The summed E-state index contributed by atoms with van der Waals surface area (Å²) in [6.45, 7) is 0. The summed E-state index contributed by atoms with van der Waals surface area (Å²) >= 11 is 6.00. The Kier molecular flexibility index (Phi) is 5.83. The third kappa shape index (κ3) is 4.96. The molecule has 3 N–H and O–H groups in total. The molecule has 2 aromatic carbocycles. The summed E-state index contributed by atoms with van der Waals surface area (Å²) in [7, 11) is -4.41. The van der Waals surface area contributed by atoms with Crippen LogP contribution in [0.1, 0.15) is 11.5 Å². The molecular formula is C17H12ClF3N4O4S. The van der Waals surface area contributed by atoms with Crippen molar-refractivity contribution in [1.29, 1.82) is 0 Å². The quantitative estimate of drug-likeness (QED) is 0.601. The minimum absolute atomic E-state index is 0.0411. The molecule has 30 heavy (non-hydrogen) atoms. The number of sulfonamides is 1. The predicted octanol–water partition coefficient (Wildman–Crippen LogP) is 3.24. The second kappa shape index (κ2) is 8.05. The SMILES string of the molecule is NS(=O)(=O)c1cc(NC(=O)Cc2ccccc2Cl)ccc1-c1noc(C(F)(F)F)n1. The number of primary sulfonamides is 1. The molecule has 158 valence electrons. The molecule has 0 saturated carbocycles. The van der Waals surface area contributed by atoms with E-state index in [9.17, 15) is 26.4 Å². The number of nitrogens with zero attached hydrogens (tertiary/aromatic N) is 2. The molecule has 0 bridgehead atoms. The van der Waals surface area contributed by atoms with Crippen LogP contribution in [0.2, 0.25) is 5.02 Å². The minimum atomic E-state index is -4.90. The third-order valence-corrected chi connectivity index (χ3v) is 5.11. The molecule has 0 spiro atoms. The first kappa shape index (κ1) is 21.7. The predicted molar refractivity (Wildman–Crippen MR) is 99.9 cm³/mol. The monoisotopic (exact) mass is 460 g/mol. The van der Waals surface area contributed by atoms with Crippen LogP contribution in [0.4, 0.5) is 18.9 Å². The maximum atomic E-state index is 12.7. The lowest BCUT2D eigenvalue weighted by molar-refractivity contribution is -0.159. The van der Waals surface area contributed by atoms with Crippen LogP contribution in [-0.4, -0.2) is 24.5 Å². The van der Waals surface area contributed by atoms with E-state index in [1.54, 1.807) is 24.3 Å². The lowest BCUT2D eigenvalue weighted by Crippen LogP contribution is -2.17. The summed E-state index contributed by atoms with van der Waals surface area (Å²) < 4.78 is 66.0. The highest BCUT2D eigenvalue weighted by Gasteiger charge is 2.39. The zero-order valence-electron chi connectivity index (χ0n) is 14.8. The largest absolute Gasteiger partial charge is 0.471 e. The third-order valence-electron chi connectivity index (χ3n) is 3.79. The lowest BCUT2D eigenvalue weighted by atomic mass is 10.1. The van der Waals surface area contributed by atoms with Gasteiger partial charge in [0.15, 0.2) is 0 Å². The average Bonchev–Trinajstić information content (AvgIpc) is 3.13. The Morgan fingerprint density at radius 3 is 2.50 bits per heavy atom. The summed E-state index contributed by atoms with van der Waals surface area (Å²) in [4.78, 5) is 14.8. The summed E-state index contributed by atoms with van der Waals surface area (Å²) in [5.41, 5.74) is 0.270. The van der Waals surface area contributed by atoms with Gasteiger partial charge in [0.25, 0.3) is 0 Å². The Hall–Kier alpha value is -2.96. The Morgan fingerprint density at radius 1 is 1.20 bits per heavy atom. The van der Waals surface area contributed by atoms with Gasteiger partial charge in [-0.25, -0.2) is 13.6 Å². The van der Waals surface area contributed by atoms with Crippen molar-refractivity contribution in [2.24, 2.45) is 5.14 Å². The first-order valence-corrected chi connectivity index (χ1v) is 9.99. The summed E-state index contributed by atoms with van der Waals surface area (Å²) in [5, 5.41) is 11.2. The van der Waals surface area contributed by atoms with E-state index in [0.29, 0.717) is 10.6 Å². The van der Waals surface area contributed by atoms with Gasteiger partial charge in [-0.1, -0.05) is 35.0 Å². The van der Waals surface area contributed by atoms with Crippen LogP contribution in [0.5, 0.6) is 0 Å². The van der Waals surface area contributed by atoms with Crippen molar-refractivity contribution in [3.8, 4) is 11.4 Å². The van der Waals surface area contributed by atoms with Crippen molar-refractivity contribution in [2.45, 2.75) is 17.5 Å². The maximum Gasteiger partial charge on any atom is 0.471 e. The standard InChI is InChI=1S/C17H12ClF3N4O4S/c18-12-4-2-1-3-9(12)7-14(26)23-10-5-6-11(13(8-10)30(22,27)28)15-24-16(29-25-15)17(19,20)21/h1-6,8H,7H2,(H,23,26)(H2,22,27,28). The number of nitrogens with two attached hydrogens (primary N) is 1. The van der Waals surface area contributed by atoms with Gasteiger partial charge in [0, 0.05) is 16.3 Å². The fourth-order valence-electron chi connectivity index (χ4n) is 2.49. The first-order valence-electron chi connectivity index (χ1n) is 8.06. The van der Waals surface area contributed by atoms with Crippen molar-refractivity contribution in [3.05, 3.63) is 58.9 Å². The zero-order chi connectivity index (χ0) is 22.1. The topological polar surface area (TPSA) is 128 Å². The average molecular weight is 461 g/mol. The zero-order valence-corrected chi connectivity index (χ0v) is 16.3. The second-order valence-corrected chi connectivity index (χ2v) is 7.93. The normalized spacial score (nSPS) is 12.0. The molecule has 3 aromatic rings. The number of anilines is 1. The number of carbonyl (C=O) groups is 1. The molecule has 0 aliphatic heterocycles. The van der Waals surface area contributed by atoms with E-state index in [1.165, 1.54) is 6.07 Å². The van der Waals surface area contributed by atoms with E-state index in [1.807, 2.05) is 0 Å². The molecule has 3 rings (SSSR count). The number of amides is 1. The number of aromatic nitrogens is 2. The fraction of sp³-hybridized carbons (Fsp3) is 0.118. The molecule has 0 aliphatic carbocycles. The molecule has 0 fully saturated rings. The van der Waals surface area contributed by atoms with E-state index in [4.69, 9.17) is 16.7 Å². The highest BCUT2D eigenvalue weighted by molar-refractivity contribution is 7.89. The Labute approximate surface area is 172 Å². The number of alkyl halides is 3. The van der Waals surface area contributed by atoms with Gasteiger partial charge in [0.1, 0.15) is 0 Å². The summed E-state index contributed by atoms with van der Waals surface area (Å²) in [6, 6.07) is 10.0. The van der Waals surface area contributed by atoms with Crippen molar-refractivity contribution in [3.63, 3.8) is 0 Å². The highest BCUT2D eigenvalue weighted by atomic mass is 35.5. The Bertz CT molecular complexity index is 1210. The van der Waals surface area contributed by atoms with E-state index in [2.05, 4.69) is 20.0 Å². The minimum Gasteiger partial charge on any atom is -0.329 e. The number of hydrogen-bond donors (Lipinski definition) is 2. The van der Waals surface area contributed by atoms with Crippen LogP contribution >= 0.6 is 11.6 Å². The van der Waals surface area contributed by atoms with E-state index in [-0.39, 0.29) is 17.7 Å². The smallest absolute Gasteiger partial charge is 0.329 e. The van der Waals surface area contributed by atoms with Crippen molar-refractivity contribution in [2.75, 3.05) is 5.32 Å². The Morgan fingerprint density at radius 2 is 1.90 bits per heavy atom. The number of carbonyl (C=O) groups excluding carboxylic acids is 1. The molecule has 0 aliphatic rings. The van der Waals surface area contributed by atoms with Gasteiger partial charge in [0.05, 0.1) is 11.3 Å². The van der Waals surface area contributed by atoms with Gasteiger partial charge in [-0.3, -0.25) is 4.79 Å². The second-order valence-electron chi connectivity index (χ2n) is 5.99. The molecule has 8 nitrogen and oxygen atoms in total. The maximum absolute atomic E-state index is 12.7. The molecular weight excluding hydrogens is 449 g/mol. The number of nitrogens with one attached hydrogen (secondary N) is 1. The number of hydrogen-bond acceptors (Lipinski definition) is 6. The van der Waals surface area contributed by atoms with Crippen molar-refractivity contribution in [1.82, 2.24) is 10.1 Å². The Balaban J connectivity index is 1.91. The summed E-state index contributed by atoms with van der Waals surface area (Å²) in [6.07, 6.45) is -4.99. The van der Waals surface area contributed by atoms with Gasteiger partial charge in [-0.2, -0.15) is 18.2 Å². The van der Waals surface area contributed by atoms with Crippen LogP contribution in [0.25, 0.3) is 11.4 Å². The molecule has 1 heterocycles. The number of rotatable bonds is 5. The van der Waals surface area contributed by atoms with Gasteiger partial charge in [-0.05, 0) is 29.8 Å². The van der Waals surface area contributed by atoms with Crippen molar-refractivity contribution < 1.29 is 30.9 Å². The summed E-state index contributed by atoms with van der Waals surface area (Å²) in [5.74, 6) is -2.77. The van der Waals surface area contributed by atoms with Crippen molar-refractivity contribution >= 4 is 33.2 Å². The molecule has 1 amide bonds. The molecule has 0 unspecified atom stereocenters. The molecule has 13 heteroatoms.